The minimum Gasteiger partial charge on any atom is -0.493 e. The van der Waals surface area contributed by atoms with Crippen molar-refractivity contribution in [3.8, 4) is 11.5 Å². The van der Waals surface area contributed by atoms with Crippen LogP contribution in [0.2, 0.25) is 4.34 Å². The maximum absolute atomic E-state index is 11.5. The molecule has 0 saturated carbocycles. The first kappa shape index (κ1) is 16.4. The summed E-state index contributed by atoms with van der Waals surface area (Å²) in [5.41, 5.74) is 0.894. The van der Waals surface area contributed by atoms with E-state index in [1.54, 1.807) is 43.5 Å². The second-order valence-electron chi connectivity index (χ2n) is 4.31. The third-order valence-electron chi connectivity index (χ3n) is 2.87. The fraction of sp³-hybridized carbons (Fsp3) is 0.188. The second kappa shape index (κ2) is 7.33. The lowest BCUT2D eigenvalue weighted by atomic mass is 10.1. The van der Waals surface area contributed by atoms with Gasteiger partial charge in [-0.15, -0.1) is 11.3 Å². The predicted octanol–water partition coefficient (Wildman–Crippen LogP) is 4.43. The third-order valence-corrected chi connectivity index (χ3v) is 4.13. The van der Waals surface area contributed by atoms with Gasteiger partial charge in [-0.3, -0.25) is 0 Å². The highest BCUT2D eigenvalue weighted by Gasteiger charge is 2.14. The molecule has 0 atom stereocenters. The summed E-state index contributed by atoms with van der Waals surface area (Å²) in [5.74, 6) is 0.175. The van der Waals surface area contributed by atoms with Gasteiger partial charge in [0.05, 0.1) is 23.6 Å². The monoisotopic (exact) mass is 338 g/mol. The lowest BCUT2D eigenvalue weighted by Crippen LogP contribution is -1.98. The highest BCUT2D eigenvalue weighted by Crippen LogP contribution is 2.32. The molecule has 0 aliphatic heterocycles. The van der Waals surface area contributed by atoms with Gasteiger partial charge >= 0.3 is 5.97 Å². The molecule has 1 heterocycles. The maximum atomic E-state index is 11.5. The molecule has 0 amide bonds. The van der Waals surface area contributed by atoms with Crippen molar-refractivity contribution in [2.24, 2.45) is 0 Å². The lowest BCUT2D eigenvalue weighted by Gasteiger charge is -2.10. The van der Waals surface area contributed by atoms with Gasteiger partial charge in [-0.25, -0.2) is 4.79 Å². The summed E-state index contributed by atoms with van der Waals surface area (Å²) in [7, 11) is 1.54. The fourth-order valence-corrected chi connectivity index (χ4v) is 2.96. The van der Waals surface area contributed by atoms with Crippen LogP contribution in [0, 0.1) is 0 Å². The molecule has 1 aromatic heterocycles. The Bertz CT molecular complexity index is 706. The quantitative estimate of drug-likeness (QED) is 0.791. The van der Waals surface area contributed by atoms with E-state index in [4.69, 9.17) is 21.1 Å². The van der Waals surface area contributed by atoms with E-state index in [2.05, 4.69) is 0 Å². The summed E-state index contributed by atoms with van der Waals surface area (Å²) in [6.45, 7) is 2.41. The zero-order valence-corrected chi connectivity index (χ0v) is 13.7. The minimum atomic E-state index is -1.01. The van der Waals surface area contributed by atoms with Crippen LogP contribution in [0.25, 0.3) is 11.6 Å². The molecule has 0 aliphatic carbocycles. The first-order valence-corrected chi connectivity index (χ1v) is 7.76. The first-order valence-electron chi connectivity index (χ1n) is 6.56. The van der Waals surface area contributed by atoms with Crippen LogP contribution >= 0.6 is 22.9 Å². The average Bonchev–Trinajstić information content (AvgIpc) is 2.92. The van der Waals surface area contributed by atoms with Gasteiger partial charge in [0.25, 0.3) is 0 Å². The topological polar surface area (TPSA) is 55.8 Å². The number of thiophene rings is 1. The number of carboxylic acid groups (broad SMARTS) is 1. The standard InChI is InChI=1S/C16H15ClO4S/c1-3-21-12-5-4-10(9-13(12)20-2)8-11(16(18)19)14-6-7-15(17)22-14/h4-9H,3H2,1-2H3,(H,18,19)/b11-8-. The summed E-state index contributed by atoms with van der Waals surface area (Å²) in [6.07, 6.45) is 1.59. The Morgan fingerprint density at radius 3 is 2.64 bits per heavy atom. The number of carbonyl (C=O) groups is 1. The van der Waals surface area contributed by atoms with Crippen LogP contribution in [0.15, 0.2) is 30.3 Å². The molecular formula is C16H15ClO4S. The Morgan fingerprint density at radius 1 is 1.32 bits per heavy atom. The highest BCUT2D eigenvalue weighted by molar-refractivity contribution is 7.17. The van der Waals surface area contributed by atoms with E-state index in [0.29, 0.717) is 32.9 Å². The van der Waals surface area contributed by atoms with Crippen molar-refractivity contribution in [1.82, 2.24) is 0 Å². The molecule has 0 aliphatic rings. The normalized spacial score (nSPS) is 11.3. The van der Waals surface area contributed by atoms with Crippen LogP contribution in [-0.2, 0) is 4.79 Å². The van der Waals surface area contributed by atoms with Gasteiger partial charge in [-0.2, -0.15) is 0 Å². The van der Waals surface area contributed by atoms with Crippen LogP contribution in [0.5, 0.6) is 11.5 Å². The molecule has 0 saturated heterocycles. The van der Waals surface area contributed by atoms with Crippen molar-refractivity contribution in [1.29, 1.82) is 0 Å². The molecule has 4 nitrogen and oxygen atoms in total. The minimum absolute atomic E-state index is 0.183. The number of carboxylic acids is 1. The third kappa shape index (κ3) is 3.81. The van der Waals surface area contributed by atoms with Crippen LogP contribution < -0.4 is 9.47 Å². The van der Waals surface area contributed by atoms with Gasteiger partial charge in [0.1, 0.15) is 0 Å². The molecule has 0 bridgehead atoms. The number of hydrogen-bond donors (Lipinski definition) is 1. The number of ether oxygens (including phenoxy) is 2. The first-order chi connectivity index (χ1) is 10.5. The summed E-state index contributed by atoms with van der Waals surface area (Å²) < 4.78 is 11.3. The molecule has 2 rings (SSSR count). The number of methoxy groups -OCH3 is 1. The van der Waals surface area contributed by atoms with E-state index >= 15 is 0 Å². The van der Waals surface area contributed by atoms with E-state index in [0.717, 1.165) is 0 Å². The van der Waals surface area contributed by atoms with Crippen molar-refractivity contribution in [2.45, 2.75) is 6.92 Å². The Balaban J connectivity index is 2.42. The highest BCUT2D eigenvalue weighted by atomic mass is 35.5. The van der Waals surface area contributed by atoms with Crippen LogP contribution in [0.1, 0.15) is 17.4 Å². The van der Waals surface area contributed by atoms with E-state index < -0.39 is 5.97 Å². The van der Waals surface area contributed by atoms with E-state index in [-0.39, 0.29) is 5.57 Å². The molecule has 2 aromatic rings. The van der Waals surface area contributed by atoms with Crippen molar-refractivity contribution < 1.29 is 19.4 Å². The number of aliphatic carboxylic acids is 1. The smallest absolute Gasteiger partial charge is 0.337 e. The largest absolute Gasteiger partial charge is 0.493 e. The fourth-order valence-electron chi connectivity index (χ4n) is 1.91. The zero-order chi connectivity index (χ0) is 16.1. The van der Waals surface area contributed by atoms with E-state index in [9.17, 15) is 9.90 Å². The molecule has 0 radical (unpaired) electrons. The zero-order valence-electron chi connectivity index (χ0n) is 12.1. The molecule has 1 aromatic carbocycles. The molecular weight excluding hydrogens is 324 g/mol. The maximum Gasteiger partial charge on any atom is 0.337 e. The summed E-state index contributed by atoms with van der Waals surface area (Å²) >= 11 is 7.10. The second-order valence-corrected chi connectivity index (χ2v) is 6.03. The summed E-state index contributed by atoms with van der Waals surface area (Å²) in [5, 5.41) is 9.40. The van der Waals surface area contributed by atoms with Gasteiger partial charge in [0, 0.05) is 4.88 Å². The number of hydrogen-bond acceptors (Lipinski definition) is 4. The predicted molar refractivity (Wildman–Crippen MR) is 89.0 cm³/mol. The van der Waals surface area contributed by atoms with Gasteiger partial charge in [-0.05, 0) is 42.8 Å². The number of benzene rings is 1. The number of halogens is 1. The van der Waals surface area contributed by atoms with Gasteiger partial charge in [0.2, 0.25) is 0 Å². The van der Waals surface area contributed by atoms with E-state index in [1.807, 2.05) is 6.92 Å². The number of rotatable bonds is 6. The van der Waals surface area contributed by atoms with Crippen LogP contribution in [0.3, 0.4) is 0 Å². The summed E-state index contributed by atoms with van der Waals surface area (Å²) in [4.78, 5) is 12.1. The molecule has 1 N–H and O–H groups in total. The van der Waals surface area contributed by atoms with Crippen LogP contribution in [0.4, 0.5) is 0 Å². The average molecular weight is 339 g/mol. The van der Waals surface area contributed by atoms with Crippen molar-refractivity contribution in [2.75, 3.05) is 13.7 Å². The Hall–Kier alpha value is -1.98. The molecule has 6 heteroatoms. The van der Waals surface area contributed by atoms with Crippen molar-refractivity contribution >= 4 is 40.6 Å². The van der Waals surface area contributed by atoms with Crippen molar-refractivity contribution in [3.63, 3.8) is 0 Å². The Kier molecular flexibility index (Phi) is 5.46. The lowest BCUT2D eigenvalue weighted by molar-refractivity contribution is -0.130. The molecule has 22 heavy (non-hydrogen) atoms. The van der Waals surface area contributed by atoms with Gasteiger partial charge in [-0.1, -0.05) is 17.7 Å². The Labute approximate surface area is 137 Å². The van der Waals surface area contributed by atoms with Gasteiger partial charge in [0.15, 0.2) is 11.5 Å². The van der Waals surface area contributed by atoms with Crippen LogP contribution in [-0.4, -0.2) is 24.8 Å². The SMILES string of the molecule is CCOc1ccc(/C=C(\C(=O)O)c2ccc(Cl)s2)cc1OC. The van der Waals surface area contributed by atoms with Gasteiger partial charge < -0.3 is 14.6 Å². The molecule has 0 spiro atoms. The Morgan fingerprint density at radius 2 is 2.09 bits per heavy atom. The molecule has 0 unspecified atom stereocenters. The summed E-state index contributed by atoms with van der Waals surface area (Å²) in [6, 6.07) is 8.65. The van der Waals surface area contributed by atoms with E-state index in [1.165, 1.54) is 11.3 Å². The molecule has 116 valence electrons. The molecule has 0 fully saturated rings. The van der Waals surface area contributed by atoms with Crippen molar-refractivity contribution in [3.05, 3.63) is 45.1 Å².